The van der Waals surface area contributed by atoms with Crippen LogP contribution in [0.2, 0.25) is 0 Å². The van der Waals surface area contributed by atoms with Crippen molar-refractivity contribution in [1.82, 2.24) is 20.2 Å². The summed E-state index contributed by atoms with van der Waals surface area (Å²) in [6.07, 6.45) is 3.44. The van der Waals surface area contributed by atoms with Gasteiger partial charge in [0.05, 0.1) is 6.04 Å². The standard InChI is InChI=1S/C25H29N5O3S/c1-30-12-17(13-30)27-23(33)16-6-2-4-14(10-16)18(8-9-31)19-7-3-5-15-11-20-24(29-21(15)19)34-25(28-20)22(26)32/h2,4,6,10-11,17-19,31H,3,5,7-9,12-13H2,1H3,(H2,26,32)(H,27,33)/t18-,19?/m0/s1. The van der Waals surface area contributed by atoms with Crippen molar-refractivity contribution in [2.24, 2.45) is 5.73 Å². The molecule has 4 N–H and O–H groups in total. The van der Waals surface area contributed by atoms with Crippen LogP contribution in [0.1, 0.15) is 68.1 Å². The summed E-state index contributed by atoms with van der Waals surface area (Å²) in [4.78, 5) is 36.6. The predicted octanol–water partition coefficient (Wildman–Crippen LogP) is 2.42. The van der Waals surface area contributed by atoms with Crippen molar-refractivity contribution in [1.29, 1.82) is 0 Å². The molecule has 0 spiro atoms. The number of likely N-dealkylation sites (tertiary alicyclic amines) is 1. The molecule has 8 nitrogen and oxygen atoms in total. The zero-order valence-electron chi connectivity index (χ0n) is 19.2. The molecule has 9 heteroatoms. The van der Waals surface area contributed by atoms with Crippen molar-refractivity contribution >= 4 is 33.5 Å². The first-order valence-corrected chi connectivity index (χ1v) is 12.5. The lowest BCUT2D eigenvalue weighted by Gasteiger charge is -2.36. The van der Waals surface area contributed by atoms with Crippen LogP contribution in [0.15, 0.2) is 30.3 Å². The number of aryl methyl sites for hydroxylation is 1. The number of carbonyl (C=O) groups is 2. The minimum absolute atomic E-state index is 0.0279. The van der Waals surface area contributed by atoms with Crippen LogP contribution in [-0.4, -0.2) is 64.6 Å². The van der Waals surface area contributed by atoms with E-state index in [0.717, 1.165) is 49.2 Å². The second-order valence-corrected chi connectivity index (χ2v) is 10.4. The summed E-state index contributed by atoms with van der Waals surface area (Å²) in [5.74, 6) is -0.465. The molecule has 0 radical (unpaired) electrons. The fraction of sp³-hybridized carbons (Fsp3) is 0.440. The van der Waals surface area contributed by atoms with Gasteiger partial charge in [-0.05, 0) is 68.0 Å². The summed E-state index contributed by atoms with van der Waals surface area (Å²) in [7, 11) is 2.04. The Kier molecular flexibility index (Phi) is 6.33. The molecule has 2 aliphatic rings. The maximum atomic E-state index is 12.8. The summed E-state index contributed by atoms with van der Waals surface area (Å²) in [5.41, 5.74) is 9.95. The summed E-state index contributed by atoms with van der Waals surface area (Å²) in [5, 5.41) is 13.3. The van der Waals surface area contributed by atoms with Crippen molar-refractivity contribution in [2.45, 2.75) is 43.6 Å². The van der Waals surface area contributed by atoms with E-state index in [0.29, 0.717) is 22.3 Å². The summed E-state index contributed by atoms with van der Waals surface area (Å²) in [6, 6.07) is 9.99. The lowest BCUT2D eigenvalue weighted by molar-refractivity contribution is 0.0857. The van der Waals surface area contributed by atoms with E-state index in [1.165, 1.54) is 11.3 Å². The molecule has 1 unspecified atom stereocenters. The fourth-order valence-corrected chi connectivity index (χ4v) is 6.08. The predicted molar refractivity (Wildman–Crippen MR) is 131 cm³/mol. The van der Waals surface area contributed by atoms with Crippen molar-refractivity contribution in [3.8, 4) is 0 Å². The Labute approximate surface area is 202 Å². The lowest BCUT2D eigenvalue weighted by atomic mass is 9.74. The highest BCUT2D eigenvalue weighted by molar-refractivity contribution is 7.19. The van der Waals surface area contributed by atoms with Gasteiger partial charge in [0.1, 0.15) is 10.3 Å². The molecular weight excluding hydrogens is 450 g/mol. The number of hydrogen-bond donors (Lipinski definition) is 3. The van der Waals surface area contributed by atoms with E-state index in [9.17, 15) is 14.7 Å². The maximum Gasteiger partial charge on any atom is 0.277 e. The Morgan fingerprint density at radius 2 is 2.12 bits per heavy atom. The van der Waals surface area contributed by atoms with Gasteiger partial charge in [0, 0.05) is 36.9 Å². The van der Waals surface area contributed by atoms with Gasteiger partial charge in [0.2, 0.25) is 0 Å². The number of amides is 2. The van der Waals surface area contributed by atoms with Crippen molar-refractivity contribution in [3.63, 3.8) is 0 Å². The second-order valence-electron chi connectivity index (χ2n) is 9.37. The highest BCUT2D eigenvalue weighted by atomic mass is 32.1. The number of primary amides is 1. The third kappa shape index (κ3) is 4.43. The van der Waals surface area contributed by atoms with E-state index in [-0.39, 0.29) is 35.4 Å². The van der Waals surface area contributed by atoms with Gasteiger partial charge in [-0.15, -0.1) is 0 Å². The van der Waals surface area contributed by atoms with Gasteiger partial charge in [-0.25, -0.2) is 9.97 Å². The third-order valence-electron chi connectivity index (χ3n) is 6.92. The van der Waals surface area contributed by atoms with E-state index < -0.39 is 5.91 Å². The fourth-order valence-electron chi connectivity index (χ4n) is 5.29. The zero-order chi connectivity index (χ0) is 23.8. The molecular formula is C25H29N5O3S. The second kappa shape index (κ2) is 9.40. The molecule has 1 fully saturated rings. The van der Waals surface area contributed by atoms with Crippen LogP contribution in [0.4, 0.5) is 0 Å². The summed E-state index contributed by atoms with van der Waals surface area (Å²) in [6.45, 7) is 1.79. The van der Waals surface area contributed by atoms with E-state index in [1.54, 1.807) is 0 Å². The number of thiazole rings is 1. The number of pyridine rings is 1. The van der Waals surface area contributed by atoms with Gasteiger partial charge in [0.25, 0.3) is 11.8 Å². The molecule has 0 saturated carbocycles. The van der Waals surface area contributed by atoms with Gasteiger partial charge >= 0.3 is 0 Å². The monoisotopic (exact) mass is 479 g/mol. The molecule has 34 heavy (non-hydrogen) atoms. The number of aliphatic hydroxyl groups excluding tert-OH is 1. The van der Waals surface area contributed by atoms with Crippen molar-refractivity contribution in [3.05, 3.63) is 57.7 Å². The highest BCUT2D eigenvalue weighted by Gasteiger charge is 2.32. The van der Waals surface area contributed by atoms with E-state index in [4.69, 9.17) is 10.7 Å². The average molecular weight is 480 g/mol. The van der Waals surface area contributed by atoms with E-state index in [2.05, 4.69) is 15.2 Å². The Bertz CT molecular complexity index is 1240. The number of nitrogens with one attached hydrogen (secondary N) is 1. The lowest BCUT2D eigenvalue weighted by Crippen LogP contribution is -2.57. The van der Waals surface area contributed by atoms with Crippen molar-refractivity contribution < 1.29 is 14.7 Å². The number of carbonyl (C=O) groups excluding carboxylic acids is 2. The first-order valence-electron chi connectivity index (χ1n) is 11.7. The van der Waals surface area contributed by atoms with Crippen LogP contribution in [0.3, 0.4) is 0 Å². The molecule has 1 aliphatic heterocycles. The normalized spacial score (nSPS) is 19.4. The van der Waals surface area contributed by atoms with Crippen LogP contribution >= 0.6 is 11.3 Å². The maximum absolute atomic E-state index is 12.8. The molecule has 2 atom stereocenters. The van der Waals surface area contributed by atoms with Crippen LogP contribution in [0.25, 0.3) is 10.3 Å². The minimum Gasteiger partial charge on any atom is -0.396 e. The van der Waals surface area contributed by atoms with Crippen LogP contribution in [0, 0.1) is 0 Å². The number of nitrogens with zero attached hydrogens (tertiary/aromatic N) is 3. The van der Waals surface area contributed by atoms with E-state index >= 15 is 0 Å². The number of nitrogens with two attached hydrogens (primary N) is 1. The van der Waals surface area contributed by atoms with Crippen LogP contribution in [-0.2, 0) is 6.42 Å². The smallest absolute Gasteiger partial charge is 0.277 e. The summed E-state index contributed by atoms with van der Waals surface area (Å²) >= 11 is 1.22. The Hall–Kier alpha value is -2.88. The molecule has 1 aromatic carbocycles. The number of fused-ring (bicyclic) bond motifs is 2. The highest BCUT2D eigenvalue weighted by Crippen LogP contribution is 2.43. The van der Waals surface area contributed by atoms with Gasteiger partial charge < -0.3 is 21.1 Å². The zero-order valence-corrected chi connectivity index (χ0v) is 20.0. The van der Waals surface area contributed by atoms with Gasteiger partial charge in [-0.1, -0.05) is 23.5 Å². The molecule has 5 rings (SSSR count). The number of benzene rings is 1. The first-order chi connectivity index (χ1) is 16.4. The number of rotatable bonds is 7. The Morgan fingerprint density at radius 1 is 1.29 bits per heavy atom. The van der Waals surface area contributed by atoms with Gasteiger partial charge in [0.15, 0.2) is 5.01 Å². The van der Waals surface area contributed by atoms with Gasteiger partial charge in [-0.2, -0.15) is 0 Å². The Morgan fingerprint density at radius 3 is 2.85 bits per heavy atom. The first kappa shape index (κ1) is 22.9. The van der Waals surface area contributed by atoms with Gasteiger partial charge in [-0.3, -0.25) is 9.59 Å². The number of aromatic nitrogens is 2. The molecule has 2 aromatic heterocycles. The minimum atomic E-state index is -0.542. The molecule has 178 valence electrons. The SMILES string of the molecule is CN1CC(NC(=O)c2cccc([C@H](CCO)C3CCCc4cc5nc(C(N)=O)sc5nc43)c2)C1. The number of aliphatic hydroxyl groups is 1. The van der Waals surface area contributed by atoms with Crippen LogP contribution < -0.4 is 11.1 Å². The third-order valence-corrected chi connectivity index (χ3v) is 7.90. The van der Waals surface area contributed by atoms with Crippen LogP contribution in [0.5, 0.6) is 0 Å². The molecule has 1 aliphatic carbocycles. The quantitative estimate of drug-likeness (QED) is 0.479. The molecule has 3 heterocycles. The van der Waals surface area contributed by atoms with E-state index in [1.807, 2.05) is 37.4 Å². The molecule has 3 aromatic rings. The number of hydrogen-bond acceptors (Lipinski definition) is 7. The topological polar surface area (TPSA) is 121 Å². The van der Waals surface area contributed by atoms with Crippen molar-refractivity contribution in [2.75, 3.05) is 26.7 Å². The molecule has 1 saturated heterocycles. The largest absolute Gasteiger partial charge is 0.396 e. The summed E-state index contributed by atoms with van der Waals surface area (Å²) < 4.78 is 0. The molecule has 0 bridgehead atoms. The number of likely N-dealkylation sites (N-methyl/N-ethyl adjacent to an activating group) is 1. The molecule has 2 amide bonds. The average Bonchev–Trinajstić information content (AvgIpc) is 3.23. The Balaban J connectivity index is 1.46.